The summed E-state index contributed by atoms with van der Waals surface area (Å²) in [6.45, 7) is 3.39. The minimum Gasteiger partial charge on any atom is -0.313 e. The third-order valence-corrected chi connectivity index (χ3v) is 3.49. The normalized spacial score (nSPS) is 22.8. The van der Waals surface area contributed by atoms with E-state index in [1.807, 2.05) is 4.98 Å². The third-order valence-electron chi connectivity index (χ3n) is 3.49. The molecule has 0 aliphatic heterocycles. The highest BCUT2D eigenvalue weighted by atomic mass is 19.3. The van der Waals surface area contributed by atoms with Crippen LogP contribution < -0.4 is 11.2 Å². The molecule has 0 spiro atoms. The van der Waals surface area contributed by atoms with E-state index >= 15 is 0 Å². The number of aromatic amines is 2. The second kappa shape index (κ2) is 4.44. The maximum Gasteiger partial charge on any atom is 0.325 e. The van der Waals surface area contributed by atoms with Gasteiger partial charge in [-0.25, -0.2) is 13.6 Å². The van der Waals surface area contributed by atoms with E-state index in [2.05, 4.69) is 21.8 Å². The first kappa shape index (κ1) is 13.3. The third kappa shape index (κ3) is 2.08. The van der Waals surface area contributed by atoms with Gasteiger partial charge in [-0.05, 0) is 11.6 Å². The molecule has 2 N–H and O–H groups in total. The Labute approximate surface area is 116 Å². The summed E-state index contributed by atoms with van der Waals surface area (Å²) in [5.41, 5.74) is -0.861. The first-order chi connectivity index (χ1) is 9.95. The standard InChI is InChI=1S/C13H10F2N4O2/c1-2-8-10(13(8,14)15)6-3-9(19-17-4-6)7-5-16-12(21)18-11(7)20/h2-5,8,10H,1H2,(H2,16,18,20,21)/t8-,10-/m1/s1. The summed E-state index contributed by atoms with van der Waals surface area (Å²) in [5, 5.41) is 7.40. The number of halogens is 2. The second-order valence-corrected chi connectivity index (χ2v) is 4.77. The van der Waals surface area contributed by atoms with Crippen LogP contribution in [0.5, 0.6) is 0 Å². The fourth-order valence-corrected chi connectivity index (χ4v) is 2.36. The molecule has 0 unspecified atom stereocenters. The Morgan fingerprint density at radius 2 is 2.14 bits per heavy atom. The highest BCUT2D eigenvalue weighted by Gasteiger charge is 2.67. The number of nitrogens with zero attached hydrogens (tertiary/aromatic N) is 2. The number of hydrogen-bond acceptors (Lipinski definition) is 4. The predicted octanol–water partition coefficient (Wildman–Crippen LogP) is 1.05. The van der Waals surface area contributed by atoms with Crippen LogP contribution in [0.1, 0.15) is 11.5 Å². The Balaban J connectivity index is 2.04. The molecule has 2 atom stereocenters. The van der Waals surface area contributed by atoms with Crippen molar-refractivity contribution in [3.63, 3.8) is 0 Å². The van der Waals surface area contributed by atoms with Gasteiger partial charge in [0, 0.05) is 6.20 Å². The molecule has 0 amide bonds. The van der Waals surface area contributed by atoms with Crippen LogP contribution in [0.2, 0.25) is 0 Å². The van der Waals surface area contributed by atoms with Gasteiger partial charge in [0.1, 0.15) is 5.69 Å². The molecule has 2 aromatic rings. The van der Waals surface area contributed by atoms with E-state index in [1.165, 1.54) is 24.5 Å². The lowest BCUT2D eigenvalue weighted by Gasteiger charge is -2.02. The SMILES string of the molecule is C=C[C@@H]1[C@@H](c2cnnc(-c3c[nH]c(=O)[nH]c3=O)c2)C1(F)F. The van der Waals surface area contributed by atoms with Crippen molar-refractivity contribution in [3.8, 4) is 11.3 Å². The van der Waals surface area contributed by atoms with Gasteiger partial charge < -0.3 is 4.98 Å². The molecule has 2 heterocycles. The zero-order valence-electron chi connectivity index (χ0n) is 10.6. The second-order valence-electron chi connectivity index (χ2n) is 4.77. The quantitative estimate of drug-likeness (QED) is 0.827. The van der Waals surface area contributed by atoms with Crippen LogP contribution in [-0.4, -0.2) is 26.1 Å². The molecule has 3 rings (SSSR count). The van der Waals surface area contributed by atoms with E-state index in [4.69, 9.17) is 0 Å². The maximum absolute atomic E-state index is 13.6. The number of nitrogens with one attached hydrogen (secondary N) is 2. The Hall–Kier alpha value is -2.64. The fourth-order valence-electron chi connectivity index (χ4n) is 2.36. The van der Waals surface area contributed by atoms with Crippen LogP contribution in [-0.2, 0) is 0 Å². The van der Waals surface area contributed by atoms with Crippen LogP contribution in [0.3, 0.4) is 0 Å². The molecule has 0 saturated heterocycles. The summed E-state index contributed by atoms with van der Waals surface area (Å²) in [5.74, 6) is -4.81. The van der Waals surface area contributed by atoms with E-state index in [-0.39, 0.29) is 16.8 Å². The largest absolute Gasteiger partial charge is 0.325 e. The maximum atomic E-state index is 13.6. The zero-order chi connectivity index (χ0) is 15.2. The van der Waals surface area contributed by atoms with Gasteiger partial charge >= 0.3 is 5.69 Å². The topological polar surface area (TPSA) is 91.5 Å². The minimum absolute atomic E-state index is 0.0584. The summed E-state index contributed by atoms with van der Waals surface area (Å²) < 4.78 is 27.2. The number of rotatable bonds is 3. The molecule has 108 valence electrons. The number of allylic oxidation sites excluding steroid dienone is 1. The summed E-state index contributed by atoms with van der Waals surface area (Å²) in [4.78, 5) is 27.0. The smallest absolute Gasteiger partial charge is 0.313 e. The first-order valence-electron chi connectivity index (χ1n) is 6.10. The molecule has 1 saturated carbocycles. The molecule has 21 heavy (non-hydrogen) atoms. The number of alkyl halides is 2. The van der Waals surface area contributed by atoms with Gasteiger partial charge in [-0.15, -0.1) is 6.58 Å². The van der Waals surface area contributed by atoms with Crippen molar-refractivity contribution in [3.05, 3.63) is 57.5 Å². The predicted molar refractivity (Wildman–Crippen MR) is 70.1 cm³/mol. The number of H-pyrrole nitrogens is 2. The Morgan fingerprint density at radius 1 is 1.38 bits per heavy atom. The van der Waals surface area contributed by atoms with E-state index in [9.17, 15) is 18.4 Å². The summed E-state index contributed by atoms with van der Waals surface area (Å²) >= 11 is 0. The van der Waals surface area contributed by atoms with Crippen molar-refractivity contribution in [2.45, 2.75) is 11.8 Å². The van der Waals surface area contributed by atoms with Gasteiger partial charge in [0.2, 0.25) is 0 Å². The Morgan fingerprint density at radius 3 is 2.76 bits per heavy atom. The van der Waals surface area contributed by atoms with Crippen LogP contribution in [0.25, 0.3) is 11.3 Å². The lowest BCUT2D eigenvalue weighted by Crippen LogP contribution is -2.22. The average molecular weight is 292 g/mol. The van der Waals surface area contributed by atoms with Gasteiger partial charge in [-0.3, -0.25) is 9.78 Å². The van der Waals surface area contributed by atoms with Crippen molar-refractivity contribution in [2.24, 2.45) is 5.92 Å². The zero-order valence-corrected chi connectivity index (χ0v) is 10.6. The highest BCUT2D eigenvalue weighted by molar-refractivity contribution is 5.57. The number of hydrogen-bond donors (Lipinski definition) is 2. The minimum atomic E-state index is -2.86. The van der Waals surface area contributed by atoms with E-state index in [0.717, 1.165) is 0 Å². The molecule has 1 aliphatic rings. The molecule has 0 radical (unpaired) electrons. The number of aromatic nitrogens is 4. The van der Waals surface area contributed by atoms with Crippen molar-refractivity contribution in [1.29, 1.82) is 0 Å². The summed E-state index contributed by atoms with van der Waals surface area (Å²) in [6, 6.07) is 1.37. The molecule has 1 aliphatic carbocycles. The lowest BCUT2D eigenvalue weighted by molar-refractivity contribution is 0.101. The summed E-state index contributed by atoms with van der Waals surface area (Å²) in [6.07, 6.45) is 3.62. The Kier molecular flexibility index (Phi) is 2.82. The van der Waals surface area contributed by atoms with Gasteiger partial charge in [0.25, 0.3) is 11.5 Å². The monoisotopic (exact) mass is 292 g/mol. The molecule has 0 aromatic carbocycles. The molecule has 8 heteroatoms. The first-order valence-corrected chi connectivity index (χ1v) is 6.10. The van der Waals surface area contributed by atoms with E-state index in [1.54, 1.807) is 0 Å². The van der Waals surface area contributed by atoms with Gasteiger partial charge in [-0.1, -0.05) is 6.08 Å². The van der Waals surface area contributed by atoms with Crippen molar-refractivity contribution < 1.29 is 8.78 Å². The van der Waals surface area contributed by atoms with Gasteiger partial charge in [-0.2, -0.15) is 10.2 Å². The summed E-state index contributed by atoms with van der Waals surface area (Å²) in [7, 11) is 0. The van der Waals surface area contributed by atoms with E-state index < -0.39 is 29.0 Å². The van der Waals surface area contributed by atoms with E-state index in [0.29, 0.717) is 0 Å². The molecular formula is C13H10F2N4O2. The Bertz CT molecular complexity index is 827. The molecule has 2 aromatic heterocycles. The van der Waals surface area contributed by atoms with Crippen LogP contribution >= 0.6 is 0 Å². The molecule has 6 nitrogen and oxygen atoms in total. The van der Waals surface area contributed by atoms with Gasteiger partial charge in [0.05, 0.1) is 23.6 Å². The van der Waals surface area contributed by atoms with Crippen molar-refractivity contribution in [2.75, 3.05) is 0 Å². The lowest BCUT2D eigenvalue weighted by atomic mass is 10.1. The molecule has 1 fully saturated rings. The molecular weight excluding hydrogens is 282 g/mol. The van der Waals surface area contributed by atoms with Gasteiger partial charge in [0.15, 0.2) is 0 Å². The van der Waals surface area contributed by atoms with Crippen LogP contribution in [0.4, 0.5) is 8.78 Å². The van der Waals surface area contributed by atoms with Crippen LogP contribution in [0, 0.1) is 5.92 Å². The highest BCUT2D eigenvalue weighted by Crippen LogP contribution is 2.62. The fraction of sp³-hybridized carbons (Fsp3) is 0.231. The van der Waals surface area contributed by atoms with Crippen LogP contribution in [0.15, 0.2) is 40.7 Å². The average Bonchev–Trinajstić information content (AvgIpc) is 3.00. The molecule has 0 bridgehead atoms. The van der Waals surface area contributed by atoms with Crippen molar-refractivity contribution >= 4 is 0 Å². The van der Waals surface area contributed by atoms with Crippen molar-refractivity contribution in [1.82, 2.24) is 20.2 Å².